The number of hydrogen-bond acceptors (Lipinski definition) is 2. The third-order valence-electron chi connectivity index (χ3n) is 4.05. The topological polar surface area (TPSA) is 25.8 Å². The second-order valence-electron chi connectivity index (χ2n) is 5.22. The van der Waals surface area contributed by atoms with E-state index >= 15 is 0 Å². The molecule has 0 radical (unpaired) electrons. The van der Waals surface area contributed by atoms with Crippen molar-refractivity contribution in [3.63, 3.8) is 0 Å². The Morgan fingerprint density at radius 3 is 1.67 bits per heavy atom. The minimum Gasteiger partial charge on any atom is -0.244 e. The van der Waals surface area contributed by atoms with Crippen molar-refractivity contribution in [1.82, 2.24) is 9.97 Å². The molecule has 0 amide bonds. The fourth-order valence-electron chi connectivity index (χ4n) is 3.09. The Labute approximate surface area is 130 Å². The van der Waals surface area contributed by atoms with Gasteiger partial charge in [0, 0.05) is 23.5 Å². The first-order chi connectivity index (χ1) is 10.4. The van der Waals surface area contributed by atoms with E-state index in [-0.39, 0.29) is 0 Å². The molecule has 0 saturated heterocycles. The van der Waals surface area contributed by atoms with Crippen molar-refractivity contribution in [3.8, 4) is 11.1 Å². The number of hydrogen-bond donors (Lipinski definition) is 0. The zero-order valence-corrected chi connectivity index (χ0v) is 13.7. The van der Waals surface area contributed by atoms with E-state index in [4.69, 9.17) is 0 Å². The average molecular weight is 284 g/mol. The molecule has 0 aliphatic rings. The van der Waals surface area contributed by atoms with Crippen LogP contribution in [0.2, 0.25) is 0 Å². The fourth-order valence-corrected chi connectivity index (χ4v) is 3.96. The van der Waals surface area contributed by atoms with E-state index in [0.29, 0.717) is 0 Å². The monoisotopic (exact) mass is 284 g/mol. The number of nitrogens with zero attached hydrogens (tertiary/aromatic N) is 2. The summed E-state index contributed by atoms with van der Waals surface area (Å²) in [5.41, 5.74) is 2.31. The molecule has 0 saturated carbocycles. The average Bonchev–Trinajstić information content (AvgIpc) is 2.56. The van der Waals surface area contributed by atoms with Crippen LogP contribution in [0.5, 0.6) is 0 Å². The zero-order valence-electron chi connectivity index (χ0n) is 11.7. The van der Waals surface area contributed by atoms with Crippen molar-refractivity contribution < 1.29 is 0 Å². The van der Waals surface area contributed by atoms with Gasteiger partial charge in [-0.05, 0) is 21.5 Å². The van der Waals surface area contributed by atoms with Gasteiger partial charge in [0.05, 0.1) is 0 Å². The Morgan fingerprint density at radius 1 is 0.667 bits per heavy atom. The molecule has 0 aliphatic heterocycles. The minimum absolute atomic E-state index is 1.03. The van der Waals surface area contributed by atoms with Gasteiger partial charge in [-0.25, -0.2) is 9.97 Å². The predicted molar refractivity (Wildman–Crippen MR) is 90.7 cm³/mol. The maximum absolute atomic E-state index is 4.19. The molecule has 21 heavy (non-hydrogen) atoms. The minimum atomic E-state index is 1.03. The first-order valence-corrected chi connectivity index (χ1v) is 8.01. The van der Waals surface area contributed by atoms with Gasteiger partial charge in [-0.3, -0.25) is 0 Å². The molecule has 0 bridgehead atoms. The summed E-state index contributed by atoms with van der Waals surface area (Å²) in [6, 6.07) is 17.3. The van der Waals surface area contributed by atoms with Crippen molar-refractivity contribution in [3.05, 3.63) is 67.3 Å². The maximum Gasteiger partial charge on any atom is 0.260 e. The molecule has 0 N–H and O–H groups in total. The molecule has 4 rings (SSSR count). The zero-order chi connectivity index (χ0) is 14.2. The van der Waals surface area contributed by atoms with Crippen molar-refractivity contribution in [1.29, 1.82) is 0 Å². The lowest BCUT2D eigenvalue weighted by Crippen LogP contribution is -2.07. The molecule has 1 aromatic heterocycles. The Morgan fingerprint density at radius 2 is 1.14 bits per heavy atom. The van der Waals surface area contributed by atoms with Crippen molar-refractivity contribution in [2.75, 3.05) is 0 Å². The molecule has 0 atom stereocenters. The molecular weight excluding hydrogens is 271 g/mol. The Balaban J connectivity index is 2.28. The van der Waals surface area contributed by atoms with Gasteiger partial charge < -0.3 is 0 Å². The predicted octanol–water partition coefficient (Wildman–Crippen LogP) is 2.71. The fraction of sp³-hybridized carbons (Fsp3) is 0. The quantitative estimate of drug-likeness (QED) is 0.397. The number of rotatable bonds is 1. The second-order valence-corrected chi connectivity index (χ2v) is 6.22. The molecule has 4 aromatic rings. The third-order valence-corrected chi connectivity index (χ3v) is 5.13. The molecule has 0 spiro atoms. The van der Waals surface area contributed by atoms with E-state index in [2.05, 4.69) is 58.5 Å². The molecule has 0 fully saturated rings. The summed E-state index contributed by atoms with van der Waals surface area (Å²) in [7, 11) is 0. The van der Waals surface area contributed by atoms with Gasteiger partial charge in [0.25, 0.3) is 16.3 Å². The van der Waals surface area contributed by atoms with Crippen LogP contribution in [-0.4, -0.2) is 26.3 Å². The first-order valence-electron chi connectivity index (χ1n) is 7.01. The van der Waals surface area contributed by atoms with E-state index in [1.165, 1.54) is 31.5 Å². The van der Waals surface area contributed by atoms with Crippen LogP contribution in [0.3, 0.4) is 0 Å². The molecule has 0 unspecified atom stereocenters. The lowest BCUT2D eigenvalue weighted by atomic mass is 9.93. The van der Waals surface area contributed by atoms with Gasteiger partial charge in [-0.1, -0.05) is 48.5 Å². The molecule has 3 heteroatoms. The molecular formula is C18H13AlN2. The molecule has 1 heterocycles. The van der Waals surface area contributed by atoms with Crippen molar-refractivity contribution in [2.45, 2.75) is 0 Å². The largest absolute Gasteiger partial charge is 0.260 e. The lowest BCUT2D eigenvalue weighted by molar-refractivity contribution is 1.17. The Bertz CT molecular complexity index is 892. The standard InChI is InChI=1S/C18H11N2.Al.2H/c1-3-7-16-13(5-1)9-14-6-2-4-8-17(14)18(16)15-10-19-12-20-11-15;;;/h1-8,10-12H;;;. The summed E-state index contributed by atoms with van der Waals surface area (Å²) >= 11 is 1.03. The van der Waals surface area contributed by atoms with Crippen LogP contribution in [0, 0.1) is 0 Å². The van der Waals surface area contributed by atoms with Crippen molar-refractivity contribution in [2.24, 2.45) is 0 Å². The Hall–Kier alpha value is -2.21. The van der Waals surface area contributed by atoms with Crippen molar-refractivity contribution >= 4 is 42.3 Å². The normalized spacial score (nSPS) is 11.0. The molecule has 2 nitrogen and oxygen atoms in total. The number of aromatic nitrogens is 2. The lowest BCUT2D eigenvalue weighted by Gasteiger charge is -2.14. The first kappa shape index (κ1) is 12.5. The highest BCUT2D eigenvalue weighted by molar-refractivity contribution is 6.46. The third kappa shape index (κ3) is 1.94. The van der Waals surface area contributed by atoms with Gasteiger partial charge >= 0.3 is 0 Å². The summed E-state index contributed by atoms with van der Waals surface area (Å²) in [6.07, 6.45) is 5.37. The molecule has 3 aromatic carbocycles. The van der Waals surface area contributed by atoms with Gasteiger partial charge in [-0.2, -0.15) is 0 Å². The molecule has 0 aliphatic carbocycles. The van der Waals surface area contributed by atoms with Gasteiger partial charge in [0.15, 0.2) is 0 Å². The maximum atomic E-state index is 4.19. The number of fused-ring (bicyclic) bond motifs is 2. The smallest absolute Gasteiger partial charge is 0.244 e. The summed E-state index contributed by atoms with van der Waals surface area (Å²) in [5, 5.41) is 5.27. The second kappa shape index (κ2) is 4.96. The highest BCUT2D eigenvalue weighted by atomic mass is 27.0. The van der Waals surface area contributed by atoms with Crippen LogP contribution >= 0.6 is 0 Å². The van der Waals surface area contributed by atoms with Crippen LogP contribution in [0.4, 0.5) is 0 Å². The van der Waals surface area contributed by atoms with E-state index in [9.17, 15) is 0 Å². The van der Waals surface area contributed by atoms with Crippen LogP contribution in [0.15, 0.2) is 67.3 Å². The summed E-state index contributed by atoms with van der Waals surface area (Å²) in [6.45, 7) is 0. The van der Waals surface area contributed by atoms with E-state index < -0.39 is 0 Å². The van der Waals surface area contributed by atoms with Crippen LogP contribution in [0.1, 0.15) is 0 Å². The Kier molecular flexibility index (Phi) is 2.96. The SMILES string of the molecule is [AlH2][c]1c2ccccc2c(-c2cncnc2)c2ccccc12. The molecule has 98 valence electrons. The van der Waals surface area contributed by atoms with E-state index in [1.54, 1.807) is 6.33 Å². The van der Waals surface area contributed by atoms with Crippen LogP contribution < -0.4 is 4.43 Å². The summed E-state index contributed by atoms with van der Waals surface area (Å²) in [5.74, 6) is 0. The van der Waals surface area contributed by atoms with Crippen LogP contribution in [0.25, 0.3) is 32.7 Å². The van der Waals surface area contributed by atoms with Gasteiger partial charge in [-0.15, -0.1) is 4.43 Å². The summed E-state index contributed by atoms with van der Waals surface area (Å²) < 4.78 is 1.46. The van der Waals surface area contributed by atoms with Crippen LogP contribution in [-0.2, 0) is 0 Å². The highest BCUT2D eigenvalue weighted by Gasteiger charge is 2.12. The van der Waals surface area contributed by atoms with E-state index in [1.807, 2.05) is 12.4 Å². The van der Waals surface area contributed by atoms with Gasteiger partial charge in [0.2, 0.25) is 0 Å². The van der Waals surface area contributed by atoms with Gasteiger partial charge in [0.1, 0.15) is 6.33 Å². The highest BCUT2D eigenvalue weighted by Crippen LogP contribution is 2.34. The summed E-state index contributed by atoms with van der Waals surface area (Å²) in [4.78, 5) is 8.39. The number of benzene rings is 3. The van der Waals surface area contributed by atoms with E-state index in [0.717, 1.165) is 21.9 Å².